The molecule has 1 aliphatic heterocycles. The van der Waals surface area contributed by atoms with Gasteiger partial charge in [-0.05, 0) is 12.3 Å². The van der Waals surface area contributed by atoms with Gasteiger partial charge in [0.1, 0.15) is 6.26 Å². The monoisotopic (exact) mass is 295 g/mol. The third kappa shape index (κ3) is 3.33. The van der Waals surface area contributed by atoms with Crippen LogP contribution in [-0.2, 0) is 4.79 Å². The zero-order valence-electron chi connectivity index (χ0n) is 12.3. The van der Waals surface area contributed by atoms with Gasteiger partial charge in [0.05, 0.1) is 6.04 Å². The predicted molar refractivity (Wildman–Crippen MR) is 76.0 cm³/mol. The number of hydrogen-bond donors (Lipinski definition) is 2. The number of aromatic nitrogens is 1. The van der Waals surface area contributed by atoms with Gasteiger partial charge in [0.2, 0.25) is 0 Å². The zero-order valence-corrected chi connectivity index (χ0v) is 12.3. The number of rotatable bonds is 4. The maximum atomic E-state index is 12.4. The molecule has 0 aromatic carbocycles. The van der Waals surface area contributed by atoms with E-state index in [2.05, 4.69) is 15.0 Å². The van der Waals surface area contributed by atoms with Gasteiger partial charge in [-0.25, -0.2) is 14.8 Å². The third-order valence-corrected chi connectivity index (χ3v) is 3.74. The quantitative estimate of drug-likeness (QED) is 0.863. The molecule has 8 nitrogen and oxygen atoms in total. The van der Waals surface area contributed by atoms with Crippen LogP contribution in [0.1, 0.15) is 26.7 Å². The molecule has 8 heteroatoms. The summed E-state index contributed by atoms with van der Waals surface area (Å²) in [6, 6.07) is 0.520. The SMILES string of the molecule is CC[C@H](C)[C@H](N)C(=O)N1CCCN1C(=O)Nc1ccon1. The molecule has 3 amide bonds. The van der Waals surface area contributed by atoms with E-state index in [4.69, 9.17) is 5.73 Å². The summed E-state index contributed by atoms with van der Waals surface area (Å²) < 4.78 is 4.65. The first-order valence-corrected chi connectivity index (χ1v) is 7.10. The fraction of sp³-hybridized carbons (Fsp3) is 0.615. The number of anilines is 1. The van der Waals surface area contributed by atoms with Crippen molar-refractivity contribution in [2.45, 2.75) is 32.7 Å². The number of amides is 3. The molecule has 0 unspecified atom stereocenters. The van der Waals surface area contributed by atoms with Crippen molar-refractivity contribution in [1.82, 2.24) is 15.2 Å². The molecule has 21 heavy (non-hydrogen) atoms. The highest BCUT2D eigenvalue weighted by atomic mass is 16.5. The molecule has 2 atom stereocenters. The summed E-state index contributed by atoms with van der Waals surface area (Å²) in [5.41, 5.74) is 5.97. The van der Waals surface area contributed by atoms with E-state index in [1.807, 2.05) is 13.8 Å². The van der Waals surface area contributed by atoms with Gasteiger partial charge in [0, 0.05) is 19.2 Å². The Hall–Kier alpha value is -2.09. The first-order valence-electron chi connectivity index (χ1n) is 7.10. The molecule has 0 bridgehead atoms. The molecule has 1 fully saturated rings. The summed E-state index contributed by atoms with van der Waals surface area (Å²) >= 11 is 0. The second-order valence-electron chi connectivity index (χ2n) is 5.16. The van der Waals surface area contributed by atoms with Crippen molar-refractivity contribution < 1.29 is 14.1 Å². The van der Waals surface area contributed by atoms with Crippen molar-refractivity contribution in [3.8, 4) is 0 Å². The number of nitrogens with one attached hydrogen (secondary N) is 1. The maximum absolute atomic E-state index is 12.4. The van der Waals surface area contributed by atoms with E-state index in [-0.39, 0.29) is 11.8 Å². The number of nitrogens with two attached hydrogens (primary N) is 1. The Morgan fingerprint density at radius 2 is 2.19 bits per heavy atom. The summed E-state index contributed by atoms with van der Waals surface area (Å²) in [6.07, 6.45) is 2.90. The Morgan fingerprint density at radius 1 is 1.48 bits per heavy atom. The molecule has 3 N–H and O–H groups in total. The van der Waals surface area contributed by atoms with Gasteiger partial charge in [0.25, 0.3) is 5.91 Å². The molecule has 1 aliphatic rings. The smallest absolute Gasteiger partial charge is 0.341 e. The molecule has 0 spiro atoms. The van der Waals surface area contributed by atoms with Crippen LogP contribution < -0.4 is 11.1 Å². The number of urea groups is 1. The lowest BCUT2D eigenvalue weighted by Gasteiger charge is -2.31. The molecule has 1 saturated heterocycles. The molecule has 0 aliphatic carbocycles. The van der Waals surface area contributed by atoms with E-state index in [1.165, 1.54) is 22.3 Å². The van der Waals surface area contributed by atoms with Gasteiger partial charge in [-0.3, -0.25) is 10.1 Å². The normalized spacial score (nSPS) is 17.7. The summed E-state index contributed by atoms with van der Waals surface area (Å²) in [6.45, 7) is 4.88. The van der Waals surface area contributed by atoms with Crippen molar-refractivity contribution >= 4 is 17.8 Å². The highest BCUT2D eigenvalue weighted by Crippen LogP contribution is 2.17. The number of hydrogen-bond acceptors (Lipinski definition) is 5. The van der Waals surface area contributed by atoms with Crippen molar-refractivity contribution in [2.24, 2.45) is 11.7 Å². The topological polar surface area (TPSA) is 105 Å². The van der Waals surface area contributed by atoms with Crippen LogP contribution in [0, 0.1) is 5.92 Å². The number of hydrazine groups is 1. The van der Waals surface area contributed by atoms with Crippen LogP contribution in [-0.4, -0.2) is 46.2 Å². The molecular weight excluding hydrogens is 274 g/mol. The lowest BCUT2D eigenvalue weighted by molar-refractivity contribution is -0.142. The molecule has 1 aromatic rings. The first kappa shape index (κ1) is 15.3. The minimum absolute atomic E-state index is 0.0681. The Balaban J connectivity index is 2.02. The van der Waals surface area contributed by atoms with Gasteiger partial charge in [-0.15, -0.1) is 0 Å². The van der Waals surface area contributed by atoms with Crippen molar-refractivity contribution in [2.75, 3.05) is 18.4 Å². The van der Waals surface area contributed by atoms with E-state index in [1.54, 1.807) is 0 Å². The predicted octanol–water partition coefficient (Wildman–Crippen LogP) is 1.03. The Kier molecular flexibility index (Phi) is 4.79. The molecule has 0 radical (unpaired) electrons. The second kappa shape index (κ2) is 6.57. The second-order valence-corrected chi connectivity index (χ2v) is 5.16. The average Bonchev–Trinajstić information content (AvgIpc) is 3.15. The Bertz CT molecular complexity index is 490. The molecule has 1 aromatic heterocycles. The number of nitrogens with zero attached hydrogens (tertiary/aromatic N) is 3. The summed E-state index contributed by atoms with van der Waals surface area (Å²) in [4.78, 5) is 24.6. The van der Waals surface area contributed by atoms with Crippen molar-refractivity contribution in [3.05, 3.63) is 12.3 Å². The van der Waals surface area contributed by atoms with Gasteiger partial charge < -0.3 is 10.3 Å². The van der Waals surface area contributed by atoms with Gasteiger partial charge in [0.15, 0.2) is 5.82 Å². The standard InChI is InChI=1S/C13H21N5O3/c1-3-9(2)11(14)12(19)17-6-4-7-18(17)13(20)15-10-5-8-21-16-10/h5,8-9,11H,3-4,6-7,14H2,1-2H3,(H,15,16,20)/t9-,11-/m0/s1. The third-order valence-electron chi connectivity index (χ3n) is 3.74. The van der Waals surface area contributed by atoms with E-state index < -0.39 is 12.1 Å². The van der Waals surface area contributed by atoms with E-state index in [9.17, 15) is 9.59 Å². The number of carbonyl (C=O) groups excluding carboxylic acids is 2. The van der Waals surface area contributed by atoms with Gasteiger partial charge >= 0.3 is 6.03 Å². The van der Waals surface area contributed by atoms with Gasteiger partial charge in [-0.2, -0.15) is 0 Å². The van der Waals surface area contributed by atoms with Crippen LogP contribution in [0.15, 0.2) is 16.9 Å². The minimum Gasteiger partial charge on any atom is -0.363 e. The minimum atomic E-state index is -0.601. The lowest BCUT2D eigenvalue weighted by atomic mass is 9.99. The van der Waals surface area contributed by atoms with Crippen molar-refractivity contribution in [1.29, 1.82) is 0 Å². The molecular formula is C13H21N5O3. The zero-order chi connectivity index (χ0) is 15.4. The van der Waals surface area contributed by atoms with E-state index in [0.717, 1.165) is 12.8 Å². The maximum Gasteiger partial charge on any atom is 0.341 e. The number of carbonyl (C=O) groups is 2. The van der Waals surface area contributed by atoms with Crippen LogP contribution in [0.5, 0.6) is 0 Å². The Morgan fingerprint density at radius 3 is 2.81 bits per heavy atom. The molecule has 2 rings (SSSR count). The van der Waals surface area contributed by atoms with Crippen molar-refractivity contribution in [3.63, 3.8) is 0 Å². The first-order chi connectivity index (χ1) is 10.0. The van der Waals surface area contributed by atoms with E-state index in [0.29, 0.717) is 18.9 Å². The molecule has 116 valence electrons. The highest BCUT2D eigenvalue weighted by Gasteiger charge is 2.34. The van der Waals surface area contributed by atoms with Crippen LogP contribution in [0.3, 0.4) is 0 Å². The van der Waals surface area contributed by atoms with Crippen LogP contribution >= 0.6 is 0 Å². The summed E-state index contributed by atoms with van der Waals surface area (Å²) in [5.74, 6) is 0.154. The largest absolute Gasteiger partial charge is 0.363 e. The molecule has 2 heterocycles. The fourth-order valence-corrected chi connectivity index (χ4v) is 2.17. The van der Waals surface area contributed by atoms with Crippen LogP contribution in [0.4, 0.5) is 10.6 Å². The highest BCUT2D eigenvalue weighted by molar-refractivity contribution is 5.91. The average molecular weight is 295 g/mol. The summed E-state index contributed by atoms with van der Waals surface area (Å²) in [7, 11) is 0. The Labute approximate surface area is 123 Å². The van der Waals surface area contributed by atoms with Crippen LogP contribution in [0.2, 0.25) is 0 Å². The van der Waals surface area contributed by atoms with Gasteiger partial charge in [-0.1, -0.05) is 25.4 Å². The fourth-order valence-electron chi connectivity index (χ4n) is 2.17. The lowest BCUT2D eigenvalue weighted by Crippen LogP contribution is -2.53. The van der Waals surface area contributed by atoms with Crippen LogP contribution in [0.25, 0.3) is 0 Å². The summed E-state index contributed by atoms with van der Waals surface area (Å²) in [5, 5.41) is 8.99. The molecule has 0 saturated carbocycles. The van der Waals surface area contributed by atoms with E-state index >= 15 is 0 Å².